The number of hydrogen-bond donors (Lipinski definition) is 3. The normalized spacial score (nSPS) is 13.9. The van der Waals surface area contributed by atoms with E-state index in [1.54, 1.807) is 0 Å². The monoisotopic (exact) mass is 282 g/mol. The smallest absolute Gasteiger partial charge is 0.253 e. The Bertz CT molecular complexity index is 503. The summed E-state index contributed by atoms with van der Waals surface area (Å²) >= 11 is 5.70. The van der Waals surface area contributed by atoms with E-state index in [0.717, 1.165) is 12.8 Å². The van der Waals surface area contributed by atoms with Gasteiger partial charge < -0.3 is 16.4 Å². The Morgan fingerprint density at radius 1 is 1.47 bits per heavy atom. The van der Waals surface area contributed by atoms with Crippen molar-refractivity contribution in [1.29, 1.82) is 0 Å². The number of carbonyl (C=O) groups excluding carboxylic acids is 2. The molecular weight excluding hydrogens is 268 g/mol. The van der Waals surface area contributed by atoms with Gasteiger partial charge in [0.1, 0.15) is 5.15 Å². The van der Waals surface area contributed by atoms with E-state index in [9.17, 15) is 9.59 Å². The number of pyridine rings is 1. The average Bonchev–Trinajstić information content (AvgIpc) is 3.16. The number of nitrogens with zero attached hydrogens (tertiary/aromatic N) is 1. The molecule has 0 aliphatic heterocycles. The topological polar surface area (TPSA) is 97.1 Å². The van der Waals surface area contributed by atoms with Crippen LogP contribution in [0.3, 0.4) is 0 Å². The van der Waals surface area contributed by atoms with Crippen molar-refractivity contribution in [2.75, 3.05) is 12.3 Å². The van der Waals surface area contributed by atoms with Crippen LogP contribution in [0.4, 0.5) is 5.69 Å². The molecule has 0 spiro atoms. The highest BCUT2D eigenvalue weighted by Crippen LogP contribution is 2.18. The van der Waals surface area contributed by atoms with E-state index in [1.165, 1.54) is 12.3 Å². The second-order valence-electron chi connectivity index (χ2n) is 4.44. The summed E-state index contributed by atoms with van der Waals surface area (Å²) < 4.78 is 0. The summed E-state index contributed by atoms with van der Waals surface area (Å²) in [6.07, 6.45) is 3.67. The molecular formula is C12H15ClN4O2. The van der Waals surface area contributed by atoms with E-state index in [1.807, 2.05) is 0 Å². The minimum Gasteiger partial charge on any atom is -0.397 e. The van der Waals surface area contributed by atoms with Crippen LogP contribution >= 0.6 is 11.6 Å². The molecule has 102 valence electrons. The van der Waals surface area contributed by atoms with Crippen molar-refractivity contribution < 1.29 is 9.59 Å². The maximum absolute atomic E-state index is 11.8. The van der Waals surface area contributed by atoms with E-state index in [4.69, 9.17) is 17.3 Å². The van der Waals surface area contributed by atoms with Gasteiger partial charge in [0.25, 0.3) is 5.91 Å². The average molecular weight is 283 g/mol. The Hall–Kier alpha value is -1.82. The van der Waals surface area contributed by atoms with Crippen molar-refractivity contribution in [3.63, 3.8) is 0 Å². The molecule has 0 aromatic carbocycles. The molecule has 2 amide bonds. The van der Waals surface area contributed by atoms with Gasteiger partial charge in [-0.25, -0.2) is 4.98 Å². The summed E-state index contributed by atoms with van der Waals surface area (Å²) in [4.78, 5) is 27.0. The predicted octanol–water partition coefficient (Wildman–Crippen LogP) is 0.716. The maximum atomic E-state index is 11.8. The molecule has 0 bridgehead atoms. The first-order chi connectivity index (χ1) is 9.06. The number of carbonyl (C=O) groups is 2. The summed E-state index contributed by atoms with van der Waals surface area (Å²) in [6, 6.07) is 1.73. The first-order valence-electron chi connectivity index (χ1n) is 6.05. The Labute approximate surface area is 115 Å². The maximum Gasteiger partial charge on any atom is 0.253 e. The summed E-state index contributed by atoms with van der Waals surface area (Å²) in [5.41, 5.74) is 6.16. The zero-order valence-electron chi connectivity index (χ0n) is 10.3. The molecule has 1 heterocycles. The molecule has 2 rings (SSSR count). The van der Waals surface area contributed by atoms with Crippen LogP contribution in [0.1, 0.15) is 29.6 Å². The lowest BCUT2D eigenvalue weighted by Gasteiger charge is -2.07. The zero-order valence-corrected chi connectivity index (χ0v) is 11.0. The Balaban J connectivity index is 1.80. The molecule has 6 nitrogen and oxygen atoms in total. The molecule has 0 radical (unpaired) electrons. The predicted molar refractivity (Wildman–Crippen MR) is 71.8 cm³/mol. The third-order valence-electron chi connectivity index (χ3n) is 2.73. The summed E-state index contributed by atoms with van der Waals surface area (Å²) in [5, 5.41) is 5.67. The number of nitrogen functional groups attached to an aromatic ring is 1. The van der Waals surface area contributed by atoms with Crippen molar-refractivity contribution in [2.24, 2.45) is 0 Å². The van der Waals surface area contributed by atoms with Gasteiger partial charge >= 0.3 is 0 Å². The van der Waals surface area contributed by atoms with E-state index in [2.05, 4.69) is 15.6 Å². The summed E-state index contributed by atoms with van der Waals surface area (Å²) in [5.74, 6) is -0.412. The third kappa shape index (κ3) is 4.10. The van der Waals surface area contributed by atoms with Crippen molar-refractivity contribution in [3.05, 3.63) is 23.0 Å². The number of halogens is 1. The number of amides is 2. The summed E-state index contributed by atoms with van der Waals surface area (Å²) in [6.45, 7) is 0.261. The first kappa shape index (κ1) is 13.6. The van der Waals surface area contributed by atoms with Crippen LogP contribution in [-0.4, -0.2) is 29.4 Å². The quantitative estimate of drug-likeness (QED) is 0.693. The van der Waals surface area contributed by atoms with Gasteiger partial charge in [-0.3, -0.25) is 9.59 Å². The van der Waals surface area contributed by atoms with Crippen molar-refractivity contribution in [3.8, 4) is 0 Å². The van der Waals surface area contributed by atoms with Crippen LogP contribution in [0.5, 0.6) is 0 Å². The van der Waals surface area contributed by atoms with Gasteiger partial charge in [-0.05, 0) is 18.9 Å². The van der Waals surface area contributed by atoms with Gasteiger partial charge in [-0.2, -0.15) is 0 Å². The van der Waals surface area contributed by atoms with Crippen LogP contribution in [0.2, 0.25) is 5.15 Å². The lowest BCUT2D eigenvalue weighted by Crippen LogP contribution is -2.32. The molecule has 0 saturated heterocycles. The lowest BCUT2D eigenvalue weighted by atomic mass is 10.2. The fraction of sp³-hybridized carbons (Fsp3) is 0.417. The van der Waals surface area contributed by atoms with Gasteiger partial charge in [-0.1, -0.05) is 11.6 Å². The molecule has 1 aromatic rings. The Kier molecular flexibility index (Phi) is 4.21. The Morgan fingerprint density at radius 3 is 2.89 bits per heavy atom. The van der Waals surface area contributed by atoms with Crippen molar-refractivity contribution in [2.45, 2.75) is 25.3 Å². The minimum atomic E-state index is -0.360. The Morgan fingerprint density at radius 2 is 2.21 bits per heavy atom. The molecule has 4 N–H and O–H groups in total. The fourth-order valence-electron chi connectivity index (χ4n) is 1.55. The second kappa shape index (κ2) is 5.88. The van der Waals surface area contributed by atoms with Gasteiger partial charge in [-0.15, -0.1) is 0 Å². The molecule has 1 fully saturated rings. The van der Waals surface area contributed by atoms with E-state index < -0.39 is 0 Å². The number of nitrogens with two attached hydrogens (primary N) is 1. The lowest BCUT2D eigenvalue weighted by molar-refractivity contribution is -0.121. The van der Waals surface area contributed by atoms with Crippen LogP contribution in [0.25, 0.3) is 0 Å². The highest BCUT2D eigenvalue weighted by molar-refractivity contribution is 6.29. The van der Waals surface area contributed by atoms with Crippen molar-refractivity contribution in [1.82, 2.24) is 15.6 Å². The van der Waals surface area contributed by atoms with Gasteiger partial charge in [0.15, 0.2) is 0 Å². The highest BCUT2D eigenvalue weighted by atomic mass is 35.5. The van der Waals surface area contributed by atoms with Gasteiger partial charge in [0.2, 0.25) is 5.91 Å². The standard InChI is InChI=1S/C12H15ClN4O2/c13-10-5-8(9(14)6-16-10)12(19)15-4-3-11(18)17-7-1-2-7/h5-7H,1-4,14H2,(H,15,19)(H,17,18). The molecule has 19 heavy (non-hydrogen) atoms. The van der Waals surface area contributed by atoms with E-state index >= 15 is 0 Å². The van der Waals surface area contributed by atoms with Crippen LogP contribution in [0.15, 0.2) is 12.3 Å². The molecule has 1 saturated carbocycles. The SMILES string of the molecule is Nc1cnc(Cl)cc1C(=O)NCCC(=O)NC1CC1. The highest BCUT2D eigenvalue weighted by Gasteiger charge is 2.22. The second-order valence-corrected chi connectivity index (χ2v) is 4.83. The zero-order chi connectivity index (χ0) is 13.8. The minimum absolute atomic E-state index is 0.0523. The first-order valence-corrected chi connectivity index (χ1v) is 6.42. The van der Waals surface area contributed by atoms with Crippen LogP contribution in [0, 0.1) is 0 Å². The van der Waals surface area contributed by atoms with Crippen molar-refractivity contribution >= 4 is 29.1 Å². The molecule has 0 atom stereocenters. The molecule has 1 aromatic heterocycles. The van der Waals surface area contributed by atoms with Gasteiger partial charge in [0, 0.05) is 19.0 Å². The number of aromatic nitrogens is 1. The third-order valence-corrected chi connectivity index (χ3v) is 2.93. The van der Waals surface area contributed by atoms with Gasteiger partial charge in [0.05, 0.1) is 17.4 Å². The molecule has 0 unspecified atom stereocenters. The van der Waals surface area contributed by atoms with Crippen LogP contribution < -0.4 is 16.4 Å². The molecule has 1 aliphatic carbocycles. The number of anilines is 1. The summed E-state index contributed by atoms with van der Waals surface area (Å²) in [7, 11) is 0. The largest absolute Gasteiger partial charge is 0.397 e. The van der Waals surface area contributed by atoms with E-state index in [-0.39, 0.29) is 41.2 Å². The number of hydrogen-bond acceptors (Lipinski definition) is 4. The number of rotatable bonds is 5. The molecule has 1 aliphatic rings. The fourth-order valence-corrected chi connectivity index (χ4v) is 1.71. The van der Waals surface area contributed by atoms with E-state index in [0.29, 0.717) is 6.04 Å². The number of nitrogens with one attached hydrogen (secondary N) is 2. The molecule has 7 heteroatoms. The van der Waals surface area contributed by atoms with Crippen LogP contribution in [-0.2, 0) is 4.79 Å².